The van der Waals surface area contributed by atoms with Crippen LogP contribution in [-0.2, 0) is 13.0 Å². The van der Waals surface area contributed by atoms with E-state index in [1.807, 2.05) is 30.3 Å². The minimum Gasteiger partial charge on any atom is -0.494 e. The van der Waals surface area contributed by atoms with Gasteiger partial charge in [-0.3, -0.25) is 0 Å². The number of aliphatic hydroxyl groups is 1. The molecule has 1 heterocycles. The predicted octanol–water partition coefficient (Wildman–Crippen LogP) is 3.35. The molecule has 0 radical (unpaired) electrons. The SMILES string of the molecule is Cc1ccc(OCCCn2c(CCO)nc3ccccc32)cc1. The molecule has 0 amide bonds. The molecule has 0 aliphatic carbocycles. The molecule has 0 saturated heterocycles. The van der Waals surface area contributed by atoms with Crippen LogP contribution in [0.5, 0.6) is 5.75 Å². The van der Waals surface area contributed by atoms with Gasteiger partial charge in [0, 0.05) is 13.0 Å². The maximum absolute atomic E-state index is 9.23. The number of aromatic nitrogens is 2. The topological polar surface area (TPSA) is 47.3 Å². The highest BCUT2D eigenvalue weighted by atomic mass is 16.5. The monoisotopic (exact) mass is 310 g/mol. The Labute approximate surface area is 136 Å². The minimum absolute atomic E-state index is 0.114. The number of hydrogen-bond donors (Lipinski definition) is 1. The number of para-hydroxylation sites is 2. The van der Waals surface area contributed by atoms with E-state index in [1.165, 1.54) is 5.56 Å². The Morgan fingerprint density at radius 1 is 1.09 bits per heavy atom. The lowest BCUT2D eigenvalue weighted by Gasteiger charge is -2.10. The molecule has 3 aromatic rings. The van der Waals surface area contributed by atoms with Gasteiger partial charge in [0.25, 0.3) is 0 Å². The van der Waals surface area contributed by atoms with Gasteiger partial charge in [-0.15, -0.1) is 0 Å². The van der Waals surface area contributed by atoms with Gasteiger partial charge in [0.15, 0.2) is 0 Å². The van der Waals surface area contributed by atoms with Crippen molar-refractivity contribution >= 4 is 11.0 Å². The number of nitrogens with zero attached hydrogens (tertiary/aromatic N) is 2. The maximum Gasteiger partial charge on any atom is 0.119 e. The molecular formula is C19H22N2O2. The van der Waals surface area contributed by atoms with Gasteiger partial charge in [0.1, 0.15) is 11.6 Å². The molecule has 3 rings (SSSR count). The summed E-state index contributed by atoms with van der Waals surface area (Å²) in [7, 11) is 0. The third-order valence-corrected chi connectivity index (χ3v) is 3.88. The smallest absolute Gasteiger partial charge is 0.119 e. The minimum atomic E-state index is 0.114. The molecule has 4 heteroatoms. The van der Waals surface area contributed by atoms with E-state index in [0.29, 0.717) is 13.0 Å². The lowest BCUT2D eigenvalue weighted by atomic mass is 10.2. The summed E-state index contributed by atoms with van der Waals surface area (Å²) in [5.74, 6) is 1.84. The van der Waals surface area contributed by atoms with Crippen molar-refractivity contribution in [1.82, 2.24) is 9.55 Å². The molecule has 0 aliphatic heterocycles. The van der Waals surface area contributed by atoms with Crippen molar-refractivity contribution in [3.63, 3.8) is 0 Å². The predicted molar refractivity (Wildman–Crippen MR) is 91.8 cm³/mol. The van der Waals surface area contributed by atoms with Gasteiger partial charge in [-0.05, 0) is 37.6 Å². The summed E-state index contributed by atoms with van der Waals surface area (Å²) in [6.45, 7) is 3.68. The zero-order valence-corrected chi connectivity index (χ0v) is 13.4. The summed E-state index contributed by atoms with van der Waals surface area (Å²) in [6, 6.07) is 16.2. The molecular weight excluding hydrogens is 288 g/mol. The van der Waals surface area contributed by atoms with Crippen molar-refractivity contribution in [2.75, 3.05) is 13.2 Å². The Morgan fingerprint density at radius 3 is 2.65 bits per heavy atom. The van der Waals surface area contributed by atoms with E-state index in [2.05, 4.69) is 34.7 Å². The summed E-state index contributed by atoms with van der Waals surface area (Å²) in [5.41, 5.74) is 3.33. The van der Waals surface area contributed by atoms with Gasteiger partial charge in [0.05, 0.1) is 24.2 Å². The first kappa shape index (κ1) is 15.6. The molecule has 0 aliphatic rings. The fourth-order valence-corrected chi connectivity index (χ4v) is 2.71. The van der Waals surface area contributed by atoms with Crippen LogP contribution < -0.4 is 4.74 Å². The molecule has 1 aromatic heterocycles. The highest BCUT2D eigenvalue weighted by Gasteiger charge is 2.09. The number of aliphatic hydroxyl groups excluding tert-OH is 1. The number of imidazole rings is 1. The number of benzene rings is 2. The Kier molecular flexibility index (Phi) is 4.93. The standard InChI is InChI=1S/C19H22N2O2/c1-15-7-9-16(10-8-15)23-14-4-12-21-18-6-3-2-5-17(18)20-19(21)11-13-22/h2-3,5-10,22H,4,11-14H2,1H3. The molecule has 1 N–H and O–H groups in total. The average Bonchev–Trinajstić information content (AvgIpc) is 2.91. The van der Waals surface area contributed by atoms with E-state index < -0.39 is 0 Å². The number of rotatable bonds is 7. The van der Waals surface area contributed by atoms with Gasteiger partial charge in [-0.25, -0.2) is 4.98 Å². The number of aryl methyl sites for hydroxylation is 2. The summed E-state index contributed by atoms with van der Waals surface area (Å²) in [5, 5.41) is 9.23. The van der Waals surface area contributed by atoms with E-state index in [-0.39, 0.29) is 6.61 Å². The summed E-state index contributed by atoms with van der Waals surface area (Å²) >= 11 is 0. The second kappa shape index (κ2) is 7.29. The molecule has 4 nitrogen and oxygen atoms in total. The third kappa shape index (κ3) is 3.71. The second-order valence-electron chi connectivity index (χ2n) is 5.66. The molecule has 120 valence electrons. The van der Waals surface area contributed by atoms with Gasteiger partial charge in [-0.1, -0.05) is 29.8 Å². The summed E-state index contributed by atoms with van der Waals surface area (Å²) < 4.78 is 7.97. The zero-order chi connectivity index (χ0) is 16.1. The van der Waals surface area contributed by atoms with Gasteiger partial charge < -0.3 is 14.4 Å². The maximum atomic E-state index is 9.23. The molecule has 2 aromatic carbocycles. The van der Waals surface area contributed by atoms with Crippen LogP contribution in [0.2, 0.25) is 0 Å². The first-order valence-corrected chi connectivity index (χ1v) is 8.02. The van der Waals surface area contributed by atoms with Crippen molar-refractivity contribution in [2.45, 2.75) is 26.3 Å². The molecule has 0 fully saturated rings. The number of fused-ring (bicyclic) bond motifs is 1. The third-order valence-electron chi connectivity index (χ3n) is 3.88. The number of hydrogen-bond acceptors (Lipinski definition) is 3. The van der Waals surface area contributed by atoms with Crippen molar-refractivity contribution in [1.29, 1.82) is 0 Å². The van der Waals surface area contributed by atoms with E-state index >= 15 is 0 Å². The molecule has 0 atom stereocenters. The van der Waals surface area contributed by atoms with Crippen molar-refractivity contribution < 1.29 is 9.84 Å². The molecule has 0 spiro atoms. The summed E-state index contributed by atoms with van der Waals surface area (Å²) in [6.07, 6.45) is 1.47. The van der Waals surface area contributed by atoms with Crippen molar-refractivity contribution in [3.05, 3.63) is 59.9 Å². The van der Waals surface area contributed by atoms with Crippen LogP contribution in [0.4, 0.5) is 0 Å². The van der Waals surface area contributed by atoms with E-state index in [0.717, 1.165) is 35.6 Å². The Morgan fingerprint density at radius 2 is 1.87 bits per heavy atom. The van der Waals surface area contributed by atoms with Crippen molar-refractivity contribution in [2.24, 2.45) is 0 Å². The van der Waals surface area contributed by atoms with Gasteiger partial charge >= 0.3 is 0 Å². The quantitative estimate of drug-likeness (QED) is 0.681. The van der Waals surface area contributed by atoms with Crippen LogP contribution in [-0.4, -0.2) is 27.9 Å². The van der Waals surface area contributed by atoms with Crippen LogP contribution >= 0.6 is 0 Å². The van der Waals surface area contributed by atoms with Crippen molar-refractivity contribution in [3.8, 4) is 5.75 Å². The highest BCUT2D eigenvalue weighted by molar-refractivity contribution is 5.75. The Bertz CT molecular complexity index is 763. The molecule has 23 heavy (non-hydrogen) atoms. The Hall–Kier alpha value is -2.33. The largest absolute Gasteiger partial charge is 0.494 e. The van der Waals surface area contributed by atoms with Gasteiger partial charge in [0.2, 0.25) is 0 Å². The molecule has 0 saturated carbocycles. The zero-order valence-electron chi connectivity index (χ0n) is 13.4. The Balaban J connectivity index is 1.64. The average molecular weight is 310 g/mol. The van der Waals surface area contributed by atoms with E-state index in [4.69, 9.17) is 4.74 Å². The van der Waals surface area contributed by atoms with E-state index in [1.54, 1.807) is 0 Å². The number of ether oxygens (including phenoxy) is 1. The first-order chi connectivity index (χ1) is 11.3. The fourth-order valence-electron chi connectivity index (χ4n) is 2.71. The normalized spacial score (nSPS) is 11.0. The fraction of sp³-hybridized carbons (Fsp3) is 0.316. The van der Waals surface area contributed by atoms with Crippen LogP contribution in [0.15, 0.2) is 48.5 Å². The summed E-state index contributed by atoms with van der Waals surface area (Å²) in [4.78, 5) is 4.61. The molecule has 0 bridgehead atoms. The highest BCUT2D eigenvalue weighted by Crippen LogP contribution is 2.17. The van der Waals surface area contributed by atoms with Gasteiger partial charge in [-0.2, -0.15) is 0 Å². The lowest BCUT2D eigenvalue weighted by molar-refractivity contribution is 0.289. The van der Waals surface area contributed by atoms with Crippen LogP contribution in [0.1, 0.15) is 17.8 Å². The second-order valence-corrected chi connectivity index (χ2v) is 5.66. The molecule has 0 unspecified atom stereocenters. The first-order valence-electron chi connectivity index (χ1n) is 8.02. The van der Waals surface area contributed by atoms with Crippen LogP contribution in [0, 0.1) is 6.92 Å². The van der Waals surface area contributed by atoms with Crippen LogP contribution in [0.3, 0.4) is 0 Å². The van der Waals surface area contributed by atoms with E-state index in [9.17, 15) is 5.11 Å². The lowest BCUT2D eigenvalue weighted by Crippen LogP contribution is -2.09. The van der Waals surface area contributed by atoms with Crippen LogP contribution in [0.25, 0.3) is 11.0 Å².